The number of aliphatic carboxylic acids is 1. The third-order valence-electron chi connectivity index (χ3n) is 4.10. The van der Waals surface area contributed by atoms with E-state index in [2.05, 4.69) is 0 Å². The summed E-state index contributed by atoms with van der Waals surface area (Å²) >= 11 is 1.62. The molecule has 1 amide bonds. The van der Waals surface area contributed by atoms with Crippen molar-refractivity contribution in [3.63, 3.8) is 0 Å². The third kappa shape index (κ3) is 3.94. The van der Waals surface area contributed by atoms with Gasteiger partial charge in [0.05, 0.1) is 5.92 Å². The number of piperidine rings is 1. The Labute approximate surface area is 144 Å². The average Bonchev–Trinajstić information content (AvgIpc) is 3.13. The van der Waals surface area contributed by atoms with Crippen LogP contribution in [0.2, 0.25) is 0 Å². The number of hydrogen-bond donors (Lipinski definition) is 1. The highest BCUT2D eigenvalue weighted by molar-refractivity contribution is 7.09. The van der Waals surface area contributed by atoms with Crippen LogP contribution in [-0.4, -0.2) is 35.0 Å². The van der Waals surface area contributed by atoms with Gasteiger partial charge in [0.15, 0.2) is 0 Å². The molecule has 0 spiro atoms. The van der Waals surface area contributed by atoms with Crippen LogP contribution in [0.3, 0.4) is 0 Å². The number of likely N-dealkylation sites (tertiary alicyclic amines) is 1. The van der Waals surface area contributed by atoms with Gasteiger partial charge in [0.2, 0.25) is 0 Å². The molecule has 0 aliphatic carbocycles. The number of amides is 1. The normalized spacial score (nSPS) is 17.5. The predicted octanol–water partition coefficient (Wildman–Crippen LogP) is 3.26. The number of hydrogen-bond acceptors (Lipinski definition) is 4. The van der Waals surface area contributed by atoms with Crippen LogP contribution in [0.5, 0.6) is 5.75 Å². The molecule has 0 radical (unpaired) electrons. The SMILES string of the molecule is O=C(O)C1CCCN(C(=O)c2cccc(OCc3cccs3)c2)C1. The maximum atomic E-state index is 12.6. The van der Waals surface area contributed by atoms with Crippen molar-refractivity contribution in [2.24, 2.45) is 5.92 Å². The predicted molar refractivity (Wildman–Crippen MR) is 91.4 cm³/mol. The summed E-state index contributed by atoms with van der Waals surface area (Å²) in [6.45, 7) is 1.34. The van der Waals surface area contributed by atoms with E-state index in [1.165, 1.54) is 0 Å². The summed E-state index contributed by atoms with van der Waals surface area (Å²) in [5.41, 5.74) is 0.532. The third-order valence-corrected chi connectivity index (χ3v) is 4.95. The Morgan fingerprint density at radius 3 is 2.92 bits per heavy atom. The van der Waals surface area contributed by atoms with Crippen molar-refractivity contribution in [1.29, 1.82) is 0 Å². The Kier molecular flexibility index (Phi) is 5.15. The van der Waals surface area contributed by atoms with Crippen LogP contribution >= 0.6 is 11.3 Å². The second kappa shape index (κ2) is 7.49. The Balaban J connectivity index is 1.66. The first-order valence-electron chi connectivity index (χ1n) is 7.91. The second-order valence-electron chi connectivity index (χ2n) is 5.82. The van der Waals surface area contributed by atoms with Crippen molar-refractivity contribution in [3.8, 4) is 5.75 Å². The molecule has 1 fully saturated rings. The first-order valence-corrected chi connectivity index (χ1v) is 8.79. The molecule has 1 atom stereocenters. The molecule has 1 saturated heterocycles. The summed E-state index contributed by atoms with van der Waals surface area (Å²) in [5.74, 6) is -0.801. The van der Waals surface area contributed by atoms with Gasteiger partial charge < -0.3 is 14.7 Å². The number of rotatable bonds is 5. The van der Waals surface area contributed by atoms with Gasteiger partial charge in [0, 0.05) is 23.5 Å². The standard InChI is InChI=1S/C18H19NO4S/c20-17(19-8-2-5-14(11-19)18(21)22)13-4-1-6-15(10-13)23-12-16-7-3-9-24-16/h1,3-4,6-7,9-10,14H,2,5,8,11-12H2,(H,21,22). The molecule has 1 N–H and O–H groups in total. The van der Waals surface area contributed by atoms with Crippen LogP contribution in [0.4, 0.5) is 0 Å². The lowest BCUT2D eigenvalue weighted by Crippen LogP contribution is -2.42. The van der Waals surface area contributed by atoms with E-state index in [9.17, 15) is 9.59 Å². The quantitative estimate of drug-likeness (QED) is 0.903. The molecule has 1 aromatic heterocycles. The highest BCUT2D eigenvalue weighted by Gasteiger charge is 2.28. The van der Waals surface area contributed by atoms with Crippen molar-refractivity contribution >= 4 is 23.2 Å². The minimum atomic E-state index is -0.833. The lowest BCUT2D eigenvalue weighted by molar-refractivity contribution is -0.143. The highest BCUT2D eigenvalue weighted by Crippen LogP contribution is 2.21. The molecule has 1 aromatic carbocycles. The van der Waals surface area contributed by atoms with Gasteiger partial charge in [-0.15, -0.1) is 11.3 Å². The van der Waals surface area contributed by atoms with E-state index in [1.807, 2.05) is 23.6 Å². The van der Waals surface area contributed by atoms with Crippen LogP contribution in [0.25, 0.3) is 0 Å². The van der Waals surface area contributed by atoms with Crippen molar-refractivity contribution in [1.82, 2.24) is 4.90 Å². The number of thiophene rings is 1. The minimum absolute atomic E-state index is 0.137. The Morgan fingerprint density at radius 2 is 2.17 bits per heavy atom. The van der Waals surface area contributed by atoms with Crippen molar-refractivity contribution in [2.45, 2.75) is 19.4 Å². The lowest BCUT2D eigenvalue weighted by atomic mass is 9.97. The van der Waals surface area contributed by atoms with Crippen molar-refractivity contribution in [2.75, 3.05) is 13.1 Å². The number of benzene rings is 1. The largest absolute Gasteiger partial charge is 0.488 e. The maximum absolute atomic E-state index is 12.6. The minimum Gasteiger partial charge on any atom is -0.488 e. The van der Waals surface area contributed by atoms with Gasteiger partial charge in [-0.25, -0.2) is 0 Å². The van der Waals surface area contributed by atoms with Crippen LogP contribution in [-0.2, 0) is 11.4 Å². The van der Waals surface area contributed by atoms with Crippen LogP contribution in [0.15, 0.2) is 41.8 Å². The molecule has 24 heavy (non-hydrogen) atoms. The molecule has 1 unspecified atom stereocenters. The van der Waals surface area contributed by atoms with Crippen LogP contribution < -0.4 is 4.74 Å². The number of carboxylic acid groups (broad SMARTS) is 1. The van der Waals surface area contributed by atoms with Gasteiger partial charge in [-0.2, -0.15) is 0 Å². The number of ether oxygens (including phenoxy) is 1. The second-order valence-corrected chi connectivity index (χ2v) is 6.86. The fourth-order valence-electron chi connectivity index (χ4n) is 2.81. The lowest BCUT2D eigenvalue weighted by Gasteiger charge is -2.30. The van der Waals surface area contributed by atoms with Gasteiger partial charge in [-0.05, 0) is 42.5 Å². The summed E-state index contributed by atoms with van der Waals surface area (Å²) in [5, 5.41) is 11.1. The summed E-state index contributed by atoms with van der Waals surface area (Å²) < 4.78 is 5.73. The van der Waals surface area contributed by atoms with Gasteiger partial charge in [-0.3, -0.25) is 9.59 Å². The molecule has 5 nitrogen and oxygen atoms in total. The zero-order valence-electron chi connectivity index (χ0n) is 13.2. The summed E-state index contributed by atoms with van der Waals surface area (Å²) in [4.78, 5) is 26.5. The summed E-state index contributed by atoms with van der Waals surface area (Å²) in [6, 6.07) is 11.0. The van der Waals surface area contributed by atoms with Gasteiger partial charge in [0.1, 0.15) is 12.4 Å². The van der Waals surface area contributed by atoms with E-state index in [1.54, 1.807) is 34.4 Å². The Morgan fingerprint density at radius 1 is 1.29 bits per heavy atom. The number of carbonyl (C=O) groups excluding carboxylic acids is 1. The smallest absolute Gasteiger partial charge is 0.308 e. The Bertz CT molecular complexity index is 714. The summed E-state index contributed by atoms with van der Waals surface area (Å²) in [6.07, 6.45) is 1.35. The van der Waals surface area contributed by atoms with Crippen molar-refractivity contribution < 1.29 is 19.4 Å². The molecular formula is C18H19NO4S. The van der Waals surface area contributed by atoms with Gasteiger partial charge in [0.25, 0.3) is 5.91 Å². The topological polar surface area (TPSA) is 66.8 Å². The van der Waals surface area contributed by atoms with Gasteiger partial charge >= 0.3 is 5.97 Å². The molecule has 6 heteroatoms. The Hall–Kier alpha value is -2.34. The summed E-state index contributed by atoms with van der Waals surface area (Å²) in [7, 11) is 0. The van der Waals surface area contributed by atoms with Crippen LogP contribution in [0.1, 0.15) is 28.1 Å². The molecule has 0 bridgehead atoms. The first-order chi connectivity index (χ1) is 11.6. The van der Waals surface area contributed by atoms with E-state index < -0.39 is 11.9 Å². The van der Waals surface area contributed by atoms with E-state index in [0.29, 0.717) is 30.9 Å². The monoisotopic (exact) mass is 345 g/mol. The molecule has 2 aromatic rings. The molecule has 1 aliphatic rings. The van der Waals surface area contributed by atoms with E-state index in [0.717, 1.165) is 11.3 Å². The van der Waals surface area contributed by atoms with E-state index in [-0.39, 0.29) is 12.5 Å². The fourth-order valence-corrected chi connectivity index (χ4v) is 3.43. The number of nitrogens with zero attached hydrogens (tertiary/aromatic N) is 1. The molecule has 3 rings (SSSR count). The van der Waals surface area contributed by atoms with Gasteiger partial charge in [-0.1, -0.05) is 12.1 Å². The van der Waals surface area contributed by atoms with E-state index >= 15 is 0 Å². The number of carbonyl (C=O) groups is 2. The average molecular weight is 345 g/mol. The molecule has 1 aliphatic heterocycles. The van der Waals surface area contributed by atoms with Crippen LogP contribution in [0, 0.1) is 5.92 Å². The fraction of sp³-hybridized carbons (Fsp3) is 0.333. The van der Waals surface area contributed by atoms with E-state index in [4.69, 9.17) is 9.84 Å². The number of carboxylic acids is 1. The van der Waals surface area contributed by atoms with Crippen molar-refractivity contribution in [3.05, 3.63) is 52.2 Å². The molecule has 0 saturated carbocycles. The molecular weight excluding hydrogens is 326 g/mol. The zero-order valence-corrected chi connectivity index (χ0v) is 14.0. The highest BCUT2D eigenvalue weighted by atomic mass is 32.1. The first kappa shape index (κ1) is 16.5. The molecule has 126 valence electrons. The molecule has 2 heterocycles. The zero-order chi connectivity index (χ0) is 16.9. The maximum Gasteiger partial charge on any atom is 0.308 e.